The van der Waals surface area contributed by atoms with Crippen LogP contribution in [0, 0.1) is 5.92 Å². The number of carbonyl (C=O) groups is 2. The second-order valence-corrected chi connectivity index (χ2v) is 5.65. The molecule has 0 radical (unpaired) electrons. The molecule has 1 aromatic rings. The maximum atomic E-state index is 12.2. The van der Waals surface area contributed by atoms with Crippen LogP contribution in [0.15, 0.2) is 18.2 Å². The Balaban J connectivity index is 2.22. The number of anilines is 1. The lowest BCUT2D eigenvalue weighted by atomic mass is 10.1. The Morgan fingerprint density at radius 1 is 1.29 bits per heavy atom. The predicted octanol–water partition coefficient (Wildman–Crippen LogP) is 3.30. The molecule has 1 amide bonds. The summed E-state index contributed by atoms with van der Waals surface area (Å²) in [6, 6.07) is 4.52. The van der Waals surface area contributed by atoms with Crippen LogP contribution in [-0.2, 0) is 4.79 Å². The van der Waals surface area contributed by atoms with E-state index in [1.807, 2.05) is 13.8 Å². The van der Waals surface area contributed by atoms with E-state index in [4.69, 9.17) is 9.84 Å². The summed E-state index contributed by atoms with van der Waals surface area (Å²) in [5.74, 6) is -0.558. The third-order valence-corrected chi connectivity index (χ3v) is 3.57. The van der Waals surface area contributed by atoms with Crippen molar-refractivity contribution >= 4 is 17.6 Å². The van der Waals surface area contributed by atoms with Crippen molar-refractivity contribution in [1.29, 1.82) is 0 Å². The van der Waals surface area contributed by atoms with E-state index in [-0.39, 0.29) is 23.5 Å². The van der Waals surface area contributed by atoms with Crippen LogP contribution >= 0.6 is 0 Å². The Morgan fingerprint density at radius 2 is 1.95 bits per heavy atom. The second-order valence-electron chi connectivity index (χ2n) is 5.65. The number of amides is 1. The highest BCUT2D eigenvalue weighted by atomic mass is 16.5. The second kappa shape index (κ2) is 6.61. The predicted molar refractivity (Wildman–Crippen MR) is 79.8 cm³/mol. The molecule has 21 heavy (non-hydrogen) atoms. The molecular weight excluding hydrogens is 270 g/mol. The first kappa shape index (κ1) is 15.4. The minimum absolute atomic E-state index is 0.0189. The molecule has 0 aliphatic heterocycles. The topological polar surface area (TPSA) is 75.6 Å². The lowest BCUT2D eigenvalue weighted by Crippen LogP contribution is -2.21. The molecule has 0 unspecified atom stereocenters. The van der Waals surface area contributed by atoms with Crippen molar-refractivity contribution in [3.05, 3.63) is 23.8 Å². The van der Waals surface area contributed by atoms with Gasteiger partial charge in [0.05, 0.1) is 17.4 Å². The summed E-state index contributed by atoms with van der Waals surface area (Å²) in [4.78, 5) is 23.3. The molecule has 5 nitrogen and oxygen atoms in total. The molecule has 2 rings (SSSR count). The lowest BCUT2D eigenvalue weighted by Gasteiger charge is -2.17. The van der Waals surface area contributed by atoms with Crippen molar-refractivity contribution in [3.8, 4) is 5.75 Å². The fourth-order valence-electron chi connectivity index (χ4n) is 2.54. The molecule has 5 heteroatoms. The number of carbonyl (C=O) groups excluding carboxylic acids is 1. The average Bonchev–Trinajstić information content (AvgIpc) is 2.93. The van der Waals surface area contributed by atoms with E-state index in [9.17, 15) is 9.59 Å². The van der Waals surface area contributed by atoms with E-state index < -0.39 is 5.97 Å². The van der Waals surface area contributed by atoms with Crippen molar-refractivity contribution in [1.82, 2.24) is 0 Å². The number of hydrogen-bond acceptors (Lipinski definition) is 3. The molecule has 0 atom stereocenters. The van der Waals surface area contributed by atoms with Crippen LogP contribution in [0.5, 0.6) is 5.75 Å². The van der Waals surface area contributed by atoms with Gasteiger partial charge in [0.1, 0.15) is 5.75 Å². The van der Waals surface area contributed by atoms with Gasteiger partial charge in [0.15, 0.2) is 0 Å². The average molecular weight is 291 g/mol. The van der Waals surface area contributed by atoms with Crippen LogP contribution in [0.1, 0.15) is 49.9 Å². The first-order valence-corrected chi connectivity index (χ1v) is 7.32. The number of hydrogen-bond donors (Lipinski definition) is 2. The zero-order valence-corrected chi connectivity index (χ0v) is 12.4. The van der Waals surface area contributed by atoms with Crippen LogP contribution in [0.3, 0.4) is 0 Å². The highest BCUT2D eigenvalue weighted by Crippen LogP contribution is 2.30. The van der Waals surface area contributed by atoms with Crippen molar-refractivity contribution in [2.24, 2.45) is 5.92 Å². The van der Waals surface area contributed by atoms with Crippen molar-refractivity contribution in [2.45, 2.75) is 45.6 Å². The van der Waals surface area contributed by atoms with Gasteiger partial charge in [-0.2, -0.15) is 0 Å². The van der Waals surface area contributed by atoms with Crippen molar-refractivity contribution < 1.29 is 19.4 Å². The molecule has 1 aliphatic carbocycles. The van der Waals surface area contributed by atoms with Gasteiger partial charge in [0.2, 0.25) is 5.91 Å². The van der Waals surface area contributed by atoms with E-state index in [1.165, 1.54) is 12.1 Å². The molecule has 0 bridgehead atoms. The molecule has 0 heterocycles. The largest absolute Gasteiger partial charge is 0.489 e. The normalized spacial score (nSPS) is 15.2. The van der Waals surface area contributed by atoms with E-state index in [0.717, 1.165) is 25.7 Å². The summed E-state index contributed by atoms with van der Waals surface area (Å²) in [5.41, 5.74) is 0.563. The Hall–Kier alpha value is -2.04. The minimum Gasteiger partial charge on any atom is -0.489 e. The number of carboxylic acids is 1. The van der Waals surface area contributed by atoms with Gasteiger partial charge in [0.25, 0.3) is 0 Å². The first-order valence-electron chi connectivity index (χ1n) is 7.32. The fourth-order valence-corrected chi connectivity index (χ4v) is 2.54. The Labute approximate surface area is 124 Å². The molecule has 1 saturated carbocycles. The van der Waals surface area contributed by atoms with E-state index >= 15 is 0 Å². The van der Waals surface area contributed by atoms with Gasteiger partial charge in [-0.3, -0.25) is 4.79 Å². The fraction of sp³-hybridized carbons (Fsp3) is 0.500. The Kier molecular flexibility index (Phi) is 4.83. The van der Waals surface area contributed by atoms with Gasteiger partial charge in [0, 0.05) is 5.92 Å². The molecular formula is C16H21NO4. The van der Waals surface area contributed by atoms with Gasteiger partial charge < -0.3 is 15.2 Å². The van der Waals surface area contributed by atoms with Crippen molar-refractivity contribution in [3.63, 3.8) is 0 Å². The standard InChI is InChI=1S/C16H21NO4/c1-10(2)21-14-8-7-12(16(19)20)9-13(14)17-15(18)11-5-3-4-6-11/h7-11H,3-6H2,1-2H3,(H,17,18)(H,19,20). The molecule has 1 aliphatic rings. The zero-order chi connectivity index (χ0) is 15.4. The molecule has 1 aromatic carbocycles. The number of rotatable bonds is 5. The Morgan fingerprint density at radius 3 is 2.52 bits per heavy atom. The monoisotopic (exact) mass is 291 g/mol. The number of carboxylic acid groups (broad SMARTS) is 1. The minimum atomic E-state index is -1.03. The summed E-state index contributed by atoms with van der Waals surface area (Å²) >= 11 is 0. The van der Waals surface area contributed by atoms with Crippen molar-refractivity contribution in [2.75, 3.05) is 5.32 Å². The summed E-state index contributed by atoms with van der Waals surface area (Å²) in [6.45, 7) is 3.77. The lowest BCUT2D eigenvalue weighted by molar-refractivity contribution is -0.119. The van der Waals surface area contributed by atoms with Crippen LogP contribution in [0.2, 0.25) is 0 Å². The third kappa shape index (κ3) is 3.97. The van der Waals surface area contributed by atoms with Crippen LogP contribution < -0.4 is 10.1 Å². The highest BCUT2D eigenvalue weighted by Gasteiger charge is 2.24. The maximum absolute atomic E-state index is 12.2. The summed E-state index contributed by atoms with van der Waals surface area (Å²) in [7, 11) is 0. The summed E-state index contributed by atoms with van der Waals surface area (Å²) in [6.07, 6.45) is 3.88. The Bertz CT molecular complexity index is 533. The van der Waals surface area contributed by atoms with Crippen LogP contribution in [0.25, 0.3) is 0 Å². The van der Waals surface area contributed by atoms with Gasteiger partial charge in [-0.05, 0) is 44.9 Å². The number of ether oxygens (including phenoxy) is 1. The third-order valence-electron chi connectivity index (χ3n) is 3.57. The van der Waals surface area contributed by atoms with Crippen LogP contribution in [-0.4, -0.2) is 23.1 Å². The first-order chi connectivity index (χ1) is 9.97. The van der Waals surface area contributed by atoms with E-state index in [2.05, 4.69) is 5.32 Å². The highest BCUT2D eigenvalue weighted by molar-refractivity contribution is 5.96. The molecule has 0 saturated heterocycles. The quantitative estimate of drug-likeness (QED) is 0.872. The molecule has 0 spiro atoms. The molecule has 114 valence electrons. The van der Waals surface area contributed by atoms with Gasteiger partial charge in [-0.15, -0.1) is 0 Å². The van der Waals surface area contributed by atoms with Gasteiger partial charge >= 0.3 is 5.97 Å². The number of benzene rings is 1. The molecule has 2 N–H and O–H groups in total. The van der Waals surface area contributed by atoms with E-state index in [1.54, 1.807) is 6.07 Å². The summed E-state index contributed by atoms with van der Waals surface area (Å²) in [5, 5.41) is 11.9. The molecule has 0 aromatic heterocycles. The van der Waals surface area contributed by atoms with E-state index in [0.29, 0.717) is 11.4 Å². The number of nitrogens with one attached hydrogen (secondary N) is 1. The SMILES string of the molecule is CC(C)Oc1ccc(C(=O)O)cc1NC(=O)C1CCCC1. The molecule has 1 fully saturated rings. The van der Waals surface area contributed by atoms with Gasteiger partial charge in [-0.25, -0.2) is 4.79 Å². The van der Waals surface area contributed by atoms with Crippen LogP contribution in [0.4, 0.5) is 5.69 Å². The zero-order valence-electron chi connectivity index (χ0n) is 12.4. The maximum Gasteiger partial charge on any atom is 0.335 e. The van der Waals surface area contributed by atoms with Gasteiger partial charge in [-0.1, -0.05) is 12.8 Å². The smallest absolute Gasteiger partial charge is 0.335 e. The summed E-state index contributed by atoms with van der Waals surface area (Å²) < 4.78 is 5.64. The number of aromatic carboxylic acids is 1.